The van der Waals surface area contributed by atoms with Crippen LogP contribution in [0.4, 0.5) is 5.69 Å². The number of amides is 2. The highest BCUT2D eigenvalue weighted by Crippen LogP contribution is 2.24. The molecular formula is C13H14N2O3. The third-order valence-corrected chi connectivity index (χ3v) is 2.76. The van der Waals surface area contributed by atoms with Crippen LogP contribution >= 0.6 is 0 Å². The van der Waals surface area contributed by atoms with E-state index in [1.54, 1.807) is 24.3 Å². The van der Waals surface area contributed by atoms with Gasteiger partial charge in [-0.25, -0.2) is 0 Å². The topological polar surface area (TPSA) is 66.5 Å². The van der Waals surface area contributed by atoms with E-state index in [9.17, 15) is 14.4 Å². The van der Waals surface area contributed by atoms with Crippen LogP contribution in [0.1, 0.15) is 23.7 Å². The molecule has 18 heavy (non-hydrogen) atoms. The molecule has 1 fully saturated rings. The lowest BCUT2D eigenvalue weighted by Crippen LogP contribution is -2.29. The zero-order chi connectivity index (χ0) is 13.1. The predicted molar refractivity (Wildman–Crippen MR) is 66.4 cm³/mol. The number of hydrogen-bond donors (Lipinski definition) is 1. The molecule has 2 amide bonds. The monoisotopic (exact) mass is 246 g/mol. The molecule has 1 heterocycles. The molecule has 5 heteroatoms. The number of carbonyl (C=O) groups excluding carboxylic acids is 3. The summed E-state index contributed by atoms with van der Waals surface area (Å²) in [5.74, 6) is -0.609. The zero-order valence-corrected chi connectivity index (χ0v) is 10.1. The number of carbonyl (C=O) groups is 3. The maximum absolute atomic E-state index is 11.9. The molecule has 0 bridgehead atoms. The Bertz CT molecular complexity index is 511. The van der Waals surface area contributed by atoms with Crippen molar-refractivity contribution in [3.8, 4) is 0 Å². The smallest absolute Gasteiger partial charge is 0.253 e. The SMILES string of the molecule is CCNC(=O)c1ccccc1N1CC(=O)CC1=O. The third kappa shape index (κ3) is 2.25. The second-order valence-electron chi connectivity index (χ2n) is 4.07. The minimum absolute atomic E-state index is 0.0508. The molecule has 1 aliphatic rings. The maximum atomic E-state index is 11.9. The summed E-state index contributed by atoms with van der Waals surface area (Å²) in [5.41, 5.74) is 0.918. The molecular weight excluding hydrogens is 232 g/mol. The second kappa shape index (κ2) is 5.00. The Morgan fingerprint density at radius 3 is 2.67 bits per heavy atom. The van der Waals surface area contributed by atoms with Gasteiger partial charge in [-0.2, -0.15) is 0 Å². The molecule has 1 saturated heterocycles. The van der Waals surface area contributed by atoms with E-state index >= 15 is 0 Å². The van der Waals surface area contributed by atoms with Crippen LogP contribution in [0, 0.1) is 0 Å². The van der Waals surface area contributed by atoms with Crippen molar-refractivity contribution in [2.75, 3.05) is 18.0 Å². The summed E-state index contributed by atoms with van der Waals surface area (Å²) in [5, 5.41) is 2.69. The molecule has 0 spiro atoms. The van der Waals surface area contributed by atoms with Crippen LogP contribution in [0.2, 0.25) is 0 Å². The van der Waals surface area contributed by atoms with Crippen LogP contribution in [-0.2, 0) is 9.59 Å². The highest BCUT2D eigenvalue weighted by molar-refractivity contribution is 6.17. The number of Topliss-reactive ketones (excluding diaryl/α,β-unsaturated/α-hetero) is 1. The standard InChI is InChI=1S/C13H14N2O3/c1-2-14-13(18)10-5-3-4-6-11(10)15-8-9(16)7-12(15)17/h3-6H,2,7-8H2,1H3,(H,14,18). The van der Waals surface area contributed by atoms with E-state index in [4.69, 9.17) is 0 Å². The summed E-state index contributed by atoms with van der Waals surface area (Å²) in [6.45, 7) is 2.39. The van der Waals surface area contributed by atoms with Gasteiger partial charge in [0, 0.05) is 6.54 Å². The van der Waals surface area contributed by atoms with E-state index in [2.05, 4.69) is 5.32 Å². The van der Waals surface area contributed by atoms with Gasteiger partial charge >= 0.3 is 0 Å². The van der Waals surface area contributed by atoms with E-state index in [0.29, 0.717) is 17.8 Å². The Labute approximate surface area is 105 Å². The van der Waals surface area contributed by atoms with Gasteiger partial charge < -0.3 is 10.2 Å². The Morgan fingerprint density at radius 1 is 1.33 bits per heavy atom. The van der Waals surface area contributed by atoms with Gasteiger partial charge in [0.05, 0.1) is 24.2 Å². The summed E-state index contributed by atoms with van der Waals surface area (Å²) in [4.78, 5) is 36.2. The van der Waals surface area contributed by atoms with E-state index in [1.165, 1.54) is 4.90 Å². The van der Waals surface area contributed by atoms with Crippen molar-refractivity contribution in [3.05, 3.63) is 29.8 Å². The minimum atomic E-state index is -0.253. The second-order valence-corrected chi connectivity index (χ2v) is 4.07. The fourth-order valence-electron chi connectivity index (χ4n) is 1.96. The Balaban J connectivity index is 2.36. The van der Waals surface area contributed by atoms with Gasteiger partial charge in [0.2, 0.25) is 5.91 Å². The minimum Gasteiger partial charge on any atom is -0.352 e. The number of hydrogen-bond acceptors (Lipinski definition) is 3. The van der Waals surface area contributed by atoms with E-state index in [0.717, 1.165) is 0 Å². The van der Waals surface area contributed by atoms with Crippen LogP contribution in [0.5, 0.6) is 0 Å². The first kappa shape index (κ1) is 12.3. The molecule has 0 unspecified atom stereocenters. The molecule has 0 aliphatic carbocycles. The molecule has 0 atom stereocenters. The number of rotatable bonds is 3. The quantitative estimate of drug-likeness (QED) is 0.800. The number of anilines is 1. The summed E-state index contributed by atoms with van der Waals surface area (Å²) in [7, 11) is 0. The number of benzene rings is 1. The normalized spacial score (nSPS) is 15.1. The predicted octanol–water partition coefficient (Wildman–Crippen LogP) is 0.742. The van der Waals surface area contributed by atoms with Crippen LogP contribution in [0.25, 0.3) is 0 Å². The maximum Gasteiger partial charge on any atom is 0.253 e. The van der Waals surface area contributed by atoms with Crippen LogP contribution in [-0.4, -0.2) is 30.7 Å². The van der Waals surface area contributed by atoms with Crippen molar-refractivity contribution >= 4 is 23.3 Å². The van der Waals surface area contributed by atoms with Gasteiger partial charge in [-0.3, -0.25) is 14.4 Å². The Morgan fingerprint density at radius 2 is 2.06 bits per heavy atom. The number of nitrogens with zero attached hydrogens (tertiary/aromatic N) is 1. The fourth-order valence-corrected chi connectivity index (χ4v) is 1.96. The molecule has 1 aromatic rings. The summed E-state index contributed by atoms with van der Waals surface area (Å²) >= 11 is 0. The average molecular weight is 246 g/mol. The molecule has 0 saturated carbocycles. The first-order chi connectivity index (χ1) is 8.63. The number of ketones is 1. The van der Waals surface area contributed by atoms with Crippen LogP contribution in [0.3, 0.4) is 0 Å². The zero-order valence-electron chi connectivity index (χ0n) is 10.1. The lowest BCUT2D eigenvalue weighted by Gasteiger charge is -2.18. The van der Waals surface area contributed by atoms with Gasteiger partial charge in [-0.15, -0.1) is 0 Å². The first-order valence-corrected chi connectivity index (χ1v) is 5.82. The van der Waals surface area contributed by atoms with Crippen LogP contribution < -0.4 is 10.2 Å². The molecule has 5 nitrogen and oxygen atoms in total. The number of nitrogens with one attached hydrogen (secondary N) is 1. The summed E-state index contributed by atoms with van der Waals surface area (Å²) in [6.07, 6.45) is -0.0796. The van der Waals surface area contributed by atoms with Gasteiger partial charge in [0.15, 0.2) is 5.78 Å². The largest absolute Gasteiger partial charge is 0.352 e. The molecule has 1 N–H and O–H groups in total. The molecule has 0 aromatic heterocycles. The summed E-state index contributed by atoms with van der Waals surface area (Å²) in [6, 6.07) is 6.81. The van der Waals surface area contributed by atoms with Gasteiger partial charge in [-0.1, -0.05) is 12.1 Å². The van der Waals surface area contributed by atoms with Crippen molar-refractivity contribution in [1.29, 1.82) is 0 Å². The highest BCUT2D eigenvalue weighted by Gasteiger charge is 2.30. The lowest BCUT2D eigenvalue weighted by molar-refractivity contribution is -0.121. The lowest BCUT2D eigenvalue weighted by atomic mass is 10.1. The number of para-hydroxylation sites is 1. The van der Waals surface area contributed by atoms with E-state index in [-0.39, 0.29) is 30.6 Å². The van der Waals surface area contributed by atoms with Crippen molar-refractivity contribution < 1.29 is 14.4 Å². The Kier molecular flexibility index (Phi) is 3.41. The van der Waals surface area contributed by atoms with Crippen molar-refractivity contribution in [2.24, 2.45) is 0 Å². The third-order valence-electron chi connectivity index (χ3n) is 2.76. The van der Waals surface area contributed by atoms with Gasteiger partial charge in [0.25, 0.3) is 5.91 Å². The summed E-state index contributed by atoms with van der Waals surface area (Å²) < 4.78 is 0. The average Bonchev–Trinajstić information content (AvgIpc) is 2.69. The van der Waals surface area contributed by atoms with E-state index < -0.39 is 0 Å². The molecule has 0 radical (unpaired) electrons. The fraction of sp³-hybridized carbons (Fsp3) is 0.308. The van der Waals surface area contributed by atoms with Crippen molar-refractivity contribution in [1.82, 2.24) is 5.32 Å². The van der Waals surface area contributed by atoms with Crippen LogP contribution in [0.15, 0.2) is 24.3 Å². The molecule has 94 valence electrons. The molecule has 1 aliphatic heterocycles. The molecule has 1 aromatic carbocycles. The highest BCUT2D eigenvalue weighted by atomic mass is 16.2. The van der Waals surface area contributed by atoms with Crippen molar-refractivity contribution in [2.45, 2.75) is 13.3 Å². The molecule has 2 rings (SSSR count). The first-order valence-electron chi connectivity index (χ1n) is 5.82. The van der Waals surface area contributed by atoms with Gasteiger partial charge in [-0.05, 0) is 19.1 Å². The van der Waals surface area contributed by atoms with Gasteiger partial charge in [0.1, 0.15) is 0 Å². The van der Waals surface area contributed by atoms with Crippen molar-refractivity contribution in [3.63, 3.8) is 0 Å². The Hall–Kier alpha value is -2.17. The van der Waals surface area contributed by atoms with E-state index in [1.807, 2.05) is 6.92 Å².